The van der Waals surface area contributed by atoms with Crippen LogP contribution in [0.15, 0.2) is 97.1 Å². The van der Waals surface area contributed by atoms with Gasteiger partial charge in [0.2, 0.25) is 11.8 Å². The lowest BCUT2D eigenvalue weighted by Crippen LogP contribution is -2.53. The number of aromatic hydroxyl groups is 1. The predicted octanol–water partition coefficient (Wildman–Crippen LogP) is 6.06. The summed E-state index contributed by atoms with van der Waals surface area (Å²) in [6.45, 7) is 6.00. The predicted molar refractivity (Wildman–Crippen MR) is 194 cm³/mol. The first kappa shape index (κ1) is 34.9. The van der Waals surface area contributed by atoms with E-state index in [1.807, 2.05) is 61.5 Å². The fraction of sp³-hybridized carbons (Fsp3) is 0.357. The minimum atomic E-state index is -1.48. The van der Waals surface area contributed by atoms with Crippen molar-refractivity contribution in [1.82, 2.24) is 9.91 Å². The van der Waals surface area contributed by atoms with Gasteiger partial charge in [-0.15, -0.1) is 6.58 Å². The Morgan fingerprint density at radius 3 is 2.38 bits per heavy atom. The Balaban J connectivity index is 1.36. The van der Waals surface area contributed by atoms with Crippen molar-refractivity contribution in [2.45, 2.75) is 63.2 Å². The lowest BCUT2D eigenvalue weighted by Gasteiger charge is -2.50. The number of carboxylic acid groups (broad SMARTS) is 1. The largest absolute Gasteiger partial charge is 0.507 e. The summed E-state index contributed by atoms with van der Waals surface area (Å²) in [4.78, 5) is 70.5. The van der Waals surface area contributed by atoms with Crippen LogP contribution in [-0.4, -0.2) is 56.3 Å². The minimum Gasteiger partial charge on any atom is -0.507 e. The van der Waals surface area contributed by atoms with E-state index in [0.717, 1.165) is 16.1 Å². The van der Waals surface area contributed by atoms with Crippen LogP contribution in [-0.2, 0) is 35.8 Å². The van der Waals surface area contributed by atoms with Gasteiger partial charge in [-0.3, -0.25) is 34.3 Å². The molecule has 0 spiro atoms. The molecule has 3 aromatic rings. The fourth-order valence-corrected chi connectivity index (χ4v) is 9.26. The molecule has 3 fully saturated rings. The number of para-hydroxylation sites is 1. The maximum absolute atomic E-state index is 15.3. The second-order valence-corrected chi connectivity index (χ2v) is 14.5. The SMILES string of the molecule is C=CCc1cccc([C@H]2C3=CC[C@@H]4C(=O)N(CCCCCC(=O)O)C(=O)[C@@H]4[C@@H]3C[C@H]3C(=O)N(Nc4ccc(C)cc4)C(=O)[C@@]23c2ccccc2)c1O. The Kier molecular flexibility index (Phi) is 9.33. The summed E-state index contributed by atoms with van der Waals surface area (Å²) in [5.41, 5.74) is 5.70. The van der Waals surface area contributed by atoms with Gasteiger partial charge in [0, 0.05) is 24.4 Å². The highest BCUT2D eigenvalue weighted by atomic mass is 16.4. The van der Waals surface area contributed by atoms with Crippen molar-refractivity contribution in [1.29, 1.82) is 0 Å². The number of phenols is 1. The molecule has 10 heteroatoms. The lowest BCUT2D eigenvalue weighted by molar-refractivity contribution is -0.141. The number of nitrogens with one attached hydrogen (secondary N) is 1. The Labute approximate surface area is 302 Å². The highest BCUT2D eigenvalue weighted by Gasteiger charge is 2.70. The van der Waals surface area contributed by atoms with Gasteiger partial charge < -0.3 is 10.2 Å². The maximum atomic E-state index is 15.3. The van der Waals surface area contributed by atoms with Crippen LogP contribution in [0.5, 0.6) is 5.75 Å². The third-order valence-electron chi connectivity index (χ3n) is 11.6. The number of benzene rings is 3. The lowest BCUT2D eigenvalue weighted by atomic mass is 9.49. The molecular formula is C42H43N3O7. The second kappa shape index (κ2) is 13.9. The number of carbonyl (C=O) groups excluding carboxylic acids is 4. The van der Waals surface area contributed by atoms with Crippen LogP contribution in [0.2, 0.25) is 0 Å². The molecule has 0 unspecified atom stereocenters. The van der Waals surface area contributed by atoms with Crippen molar-refractivity contribution < 1.29 is 34.2 Å². The molecule has 0 bridgehead atoms. The molecule has 0 radical (unpaired) electrons. The number of aryl methyl sites for hydroxylation is 1. The number of carbonyl (C=O) groups is 5. The number of anilines is 1. The number of hydrogen-bond donors (Lipinski definition) is 3. The Morgan fingerprint density at radius 1 is 0.923 bits per heavy atom. The second-order valence-electron chi connectivity index (χ2n) is 14.5. The molecule has 2 heterocycles. The third-order valence-corrected chi connectivity index (χ3v) is 11.6. The molecule has 4 amide bonds. The minimum absolute atomic E-state index is 0.00661. The van der Waals surface area contributed by atoms with Crippen molar-refractivity contribution >= 4 is 35.3 Å². The van der Waals surface area contributed by atoms with E-state index in [0.29, 0.717) is 48.1 Å². The standard InChI is InChI=1S/C42H43N3O7/c1-3-11-26-12-10-15-31(37(26)48)36-29-21-22-30-35(40(51)44(38(30)49)23-9-5-8-16-34(46)47)32(29)24-33-39(50)45(43-28-19-17-25(2)18-20-28)41(52)42(33,36)27-13-6-4-7-14-27/h3-4,6-7,10,12-15,17-21,30,32-33,35-36,43,48H,1,5,8-9,11,16,22-24H2,2H3,(H,46,47)/t30-,32+,33-,35-,36+,42+/m0/s1. The van der Waals surface area contributed by atoms with E-state index in [1.54, 1.807) is 30.3 Å². The number of likely N-dealkylation sites (tertiary alicyclic amines) is 1. The van der Waals surface area contributed by atoms with E-state index in [4.69, 9.17) is 5.11 Å². The average molecular weight is 702 g/mol. The van der Waals surface area contributed by atoms with Crippen LogP contribution in [0.4, 0.5) is 5.69 Å². The first-order valence-electron chi connectivity index (χ1n) is 18.0. The number of hydrogen-bond acceptors (Lipinski definition) is 7. The quantitative estimate of drug-likeness (QED) is 0.118. The molecule has 6 atom stereocenters. The number of imide groups is 2. The molecule has 3 aromatic carbocycles. The van der Waals surface area contributed by atoms with E-state index in [1.165, 1.54) is 4.90 Å². The van der Waals surface area contributed by atoms with Gasteiger partial charge in [-0.1, -0.05) is 90.4 Å². The normalized spacial score (nSPS) is 26.5. The number of aliphatic carboxylic acids is 1. The third kappa shape index (κ3) is 5.61. The first-order valence-corrected chi connectivity index (χ1v) is 18.0. The van der Waals surface area contributed by atoms with E-state index >= 15 is 4.79 Å². The van der Waals surface area contributed by atoms with Gasteiger partial charge in [-0.25, -0.2) is 0 Å². The number of fused-ring (bicyclic) bond motifs is 4. The van der Waals surface area contributed by atoms with Gasteiger partial charge >= 0.3 is 5.97 Å². The maximum Gasteiger partial charge on any atom is 0.303 e. The zero-order valence-electron chi connectivity index (χ0n) is 29.2. The summed E-state index contributed by atoms with van der Waals surface area (Å²) in [5, 5.41) is 22.1. The molecule has 4 aliphatic rings. The summed E-state index contributed by atoms with van der Waals surface area (Å²) >= 11 is 0. The summed E-state index contributed by atoms with van der Waals surface area (Å²) in [6, 6.07) is 22.1. The van der Waals surface area contributed by atoms with Gasteiger partial charge in [-0.05, 0) is 68.2 Å². The molecule has 7 rings (SSSR count). The molecule has 1 saturated carbocycles. The summed E-state index contributed by atoms with van der Waals surface area (Å²) in [7, 11) is 0. The smallest absolute Gasteiger partial charge is 0.303 e. The summed E-state index contributed by atoms with van der Waals surface area (Å²) in [6.07, 6.45) is 6.03. The fourth-order valence-electron chi connectivity index (χ4n) is 9.26. The Hall–Kier alpha value is -5.51. The van der Waals surface area contributed by atoms with Gasteiger partial charge in [0.05, 0.1) is 28.9 Å². The van der Waals surface area contributed by atoms with Crippen LogP contribution in [0.25, 0.3) is 0 Å². The monoisotopic (exact) mass is 701 g/mol. The molecule has 268 valence electrons. The highest BCUT2D eigenvalue weighted by molar-refractivity contribution is 6.13. The van der Waals surface area contributed by atoms with Gasteiger partial charge in [0.15, 0.2) is 0 Å². The molecular weight excluding hydrogens is 658 g/mol. The van der Waals surface area contributed by atoms with Gasteiger partial charge in [-0.2, -0.15) is 5.01 Å². The molecule has 3 N–H and O–H groups in total. The van der Waals surface area contributed by atoms with Crippen LogP contribution >= 0.6 is 0 Å². The van der Waals surface area contributed by atoms with Crippen molar-refractivity contribution in [3.05, 3.63) is 119 Å². The van der Waals surface area contributed by atoms with Gasteiger partial charge in [0.25, 0.3) is 11.8 Å². The topological polar surface area (TPSA) is 144 Å². The number of allylic oxidation sites excluding steroid dienone is 3. The molecule has 52 heavy (non-hydrogen) atoms. The average Bonchev–Trinajstić information content (AvgIpc) is 3.51. The number of unbranched alkanes of at least 4 members (excludes halogenated alkanes) is 2. The zero-order valence-corrected chi connectivity index (χ0v) is 29.2. The Bertz CT molecular complexity index is 1970. The molecule has 2 aliphatic carbocycles. The highest BCUT2D eigenvalue weighted by Crippen LogP contribution is 2.65. The number of rotatable bonds is 12. The summed E-state index contributed by atoms with van der Waals surface area (Å²) in [5.74, 6) is -5.98. The number of phenolic OH excluding ortho intramolecular Hbond substituents is 1. The van der Waals surface area contributed by atoms with Crippen LogP contribution in [0.3, 0.4) is 0 Å². The van der Waals surface area contributed by atoms with Crippen LogP contribution < -0.4 is 5.43 Å². The molecule has 2 saturated heterocycles. The van der Waals surface area contributed by atoms with Crippen molar-refractivity contribution in [3.8, 4) is 5.75 Å². The van der Waals surface area contributed by atoms with Crippen molar-refractivity contribution in [3.63, 3.8) is 0 Å². The van der Waals surface area contributed by atoms with Crippen molar-refractivity contribution in [2.24, 2.45) is 23.7 Å². The van der Waals surface area contributed by atoms with Gasteiger partial charge in [0.1, 0.15) is 5.75 Å². The van der Waals surface area contributed by atoms with Crippen molar-refractivity contribution in [2.75, 3.05) is 12.0 Å². The Morgan fingerprint density at radius 2 is 1.67 bits per heavy atom. The first-order chi connectivity index (χ1) is 25.1. The summed E-state index contributed by atoms with van der Waals surface area (Å²) < 4.78 is 0. The molecule has 0 aromatic heterocycles. The van der Waals surface area contributed by atoms with Crippen LogP contribution in [0.1, 0.15) is 66.7 Å². The van der Waals surface area contributed by atoms with E-state index < -0.39 is 52.8 Å². The van der Waals surface area contributed by atoms with E-state index in [2.05, 4.69) is 12.0 Å². The number of nitrogens with zero attached hydrogens (tertiary/aromatic N) is 2. The molecule has 2 aliphatic heterocycles. The van der Waals surface area contributed by atoms with E-state index in [9.17, 15) is 24.3 Å². The van der Waals surface area contributed by atoms with Crippen LogP contribution in [0, 0.1) is 30.6 Å². The number of hydrazine groups is 1. The molecule has 10 nitrogen and oxygen atoms in total. The zero-order chi connectivity index (χ0) is 36.7. The number of carboxylic acids is 1. The number of amides is 4. The van der Waals surface area contributed by atoms with E-state index in [-0.39, 0.29) is 43.4 Å².